The summed E-state index contributed by atoms with van der Waals surface area (Å²) in [5, 5.41) is 20.8. The number of unbranched alkanes of at least 4 members (excludes halogenated alkanes) is 1. The van der Waals surface area contributed by atoms with Crippen LogP contribution < -0.4 is 0 Å². The highest BCUT2D eigenvalue weighted by atomic mass is 16.3. The number of hydrogen-bond donors (Lipinski definition) is 2. The summed E-state index contributed by atoms with van der Waals surface area (Å²) in [7, 11) is 0. The smallest absolute Gasteiger partial charge is 0.132 e. The molecule has 0 aliphatic carbocycles. The largest absolute Gasteiger partial charge is 0.507 e. The van der Waals surface area contributed by atoms with Gasteiger partial charge in [0.1, 0.15) is 5.75 Å². The lowest BCUT2D eigenvalue weighted by Crippen LogP contribution is -2.03. The number of aryl methyl sites for hydroxylation is 1. The number of nitrogens with zero attached hydrogens (tertiary/aromatic N) is 1. The number of para-hydroxylation sites is 1. The summed E-state index contributed by atoms with van der Waals surface area (Å²) in [6.07, 6.45) is 2.16. The molecule has 2 rings (SSSR count). The van der Waals surface area contributed by atoms with Crippen molar-refractivity contribution in [2.45, 2.75) is 39.2 Å². The minimum atomic E-state index is -0.700. The van der Waals surface area contributed by atoms with Crippen molar-refractivity contribution in [3.63, 3.8) is 0 Å². The zero-order chi connectivity index (χ0) is 13.1. The zero-order valence-electron chi connectivity index (χ0n) is 10.8. The van der Waals surface area contributed by atoms with Gasteiger partial charge in [0.25, 0.3) is 0 Å². The topological polar surface area (TPSA) is 53.4 Å². The summed E-state index contributed by atoms with van der Waals surface area (Å²) in [6.45, 7) is 3.78. The normalized spacial score (nSPS) is 12.8. The molecule has 0 radical (unpaired) electrons. The van der Waals surface area contributed by atoms with Crippen LogP contribution in [0.25, 0.3) is 10.9 Å². The van der Waals surface area contributed by atoms with Gasteiger partial charge in [-0.2, -0.15) is 0 Å². The van der Waals surface area contributed by atoms with Crippen molar-refractivity contribution >= 4 is 10.9 Å². The second-order valence-electron chi connectivity index (χ2n) is 4.62. The van der Waals surface area contributed by atoms with Gasteiger partial charge in [0.05, 0.1) is 17.3 Å². The number of aromatic nitrogens is 1. The number of aromatic hydroxyl groups is 1. The van der Waals surface area contributed by atoms with E-state index in [2.05, 4.69) is 11.9 Å². The Morgan fingerprint density at radius 2 is 2.00 bits per heavy atom. The van der Waals surface area contributed by atoms with Crippen molar-refractivity contribution < 1.29 is 10.2 Å². The Kier molecular flexibility index (Phi) is 3.82. The lowest BCUT2D eigenvalue weighted by molar-refractivity contribution is 0.193. The van der Waals surface area contributed by atoms with Crippen LogP contribution in [-0.4, -0.2) is 15.2 Å². The van der Waals surface area contributed by atoms with E-state index in [4.69, 9.17) is 0 Å². The Labute approximate surface area is 107 Å². The number of rotatable bonds is 4. The number of hydrogen-bond acceptors (Lipinski definition) is 3. The lowest BCUT2D eigenvalue weighted by Gasteiger charge is -2.15. The molecule has 0 spiro atoms. The van der Waals surface area contributed by atoms with Gasteiger partial charge in [-0.1, -0.05) is 25.5 Å². The van der Waals surface area contributed by atoms with Crippen molar-refractivity contribution in [2.75, 3.05) is 0 Å². The number of fused-ring (bicyclic) bond motifs is 1. The SMILES string of the molecule is CCCCc1nc2ccccc2c(O)c1[C@H](C)O. The van der Waals surface area contributed by atoms with E-state index in [1.165, 1.54) is 0 Å². The molecule has 0 aliphatic rings. The van der Waals surface area contributed by atoms with Crippen molar-refractivity contribution in [1.82, 2.24) is 4.98 Å². The fraction of sp³-hybridized carbons (Fsp3) is 0.400. The van der Waals surface area contributed by atoms with Gasteiger partial charge >= 0.3 is 0 Å². The second kappa shape index (κ2) is 5.36. The van der Waals surface area contributed by atoms with Crippen LogP contribution in [0.3, 0.4) is 0 Å². The minimum absolute atomic E-state index is 0.168. The Hall–Kier alpha value is -1.61. The Bertz CT molecular complexity index is 549. The third-order valence-corrected chi connectivity index (χ3v) is 3.17. The Balaban J connectivity index is 2.63. The summed E-state index contributed by atoms with van der Waals surface area (Å²) in [5.41, 5.74) is 2.16. The van der Waals surface area contributed by atoms with Crippen molar-refractivity contribution in [2.24, 2.45) is 0 Å². The molecule has 96 valence electrons. The van der Waals surface area contributed by atoms with Crippen LogP contribution in [0, 0.1) is 0 Å². The molecule has 0 saturated heterocycles. The maximum absolute atomic E-state index is 10.3. The zero-order valence-corrected chi connectivity index (χ0v) is 10.8. The standard InChI is InChI=1S/C15H19NO2/c1-3-4-8-13-14(10(2)17)15(18)11-7-5-6-9-12(11)16-13/h5-7,9-10,17H,3-4,8H2,1-2H3,(H,16,18)/t10-/m0/s1. The molecule has 0 unspecified atom stereocenters. The van der Waals surface area contributed by atoms with E-state index < -0.39 is 6.10 Å². The Morgan fingerprint density at radius 3 is 2.67 bits per heavy atom. The molecule has 0 amide bonds. The maximum atomic E-state index is 10.3. The van der Waals surface area contributed by atoms with Gasteiger partial charge < -0.3 is 10.2 Å². The molecule has 1 heterocycles. The van der Waals surface area contributed by atoms with E-state index in [1.807, 2.05) is 24.3 Å². The predicted molar refractivity (Wildman–Crippen MR) is 72.7 cm³/mol. The van der Waals surface area contributed by atoms with Crippen molar-refractivity contribution in [3.8, 4) is 5.75 Å². The molecule has 3 nitrogen and oxygen atoms in total. The van der Waals surface area contributed by atoms with Crippen LogP contribution in [-0.2, 0) is 6.42 Å². The summed E-state index contributed by atoms with van der Waals surface area (Å²) in [4.78, 5) is 4.57. The molecule has 2 N–H and O–H groups in total. The molecular formula is C15H19NO2. The molecule has 3 heteroatoms. The molecular weight excluding hydrogens is 226 g/mol. The van der Waals surface area contributed by atoms with Crippen LogP contribution in [0.5, 0.6) is 5.75 Å². The van der Waals surface area contributed by atoms with Crippen LogP contribution >= 0.6 is 0 Å². The molecule has 1 aromatic carbocycles. The summed E-state index contributed by atoms with van der Waals surface area (Å²) in [6, 6.07) is 7.48. The van der Waals surface area contributed by atoms with E-state index in [-0.39, 0.29) is 5.75 Å². The highest BCUT2D eigenvalue weighted by Gasteiger charge is 2.17. The van der Waals surface area contributed by atoms with Crippen LogP contribution in [0.2, 0.25) is 0 Å². The quantitative estimate of drug-likeness (QED) is 0.868. The summed E-state index contributed by atoms with van der Waals surface area (Å²) < 4.78 is 0. The molecule has 1 atom stereocenters. The van der Waals surface area contributed by atoms with E-state index >= 15 is 0 Å². The van der Waals surface area contributed by atoms with E-state index in [1.54, 1.807) is 6.92 Å². The first-order valence-electron chi connectivity index (χ1n) is 6.43. The first kappa shape index (κ1) is 12.8. The lowest BCUT2D eigenvalue weighted by atomic mass is 10.00. The molecule has 2 aromatic rings. The molecule has 0 bridgehead atoms. The fourth-order valence-electron chi connectivity index (χ4n) is 2.23. The predicted octanol–water partition coefficient (Wildman–Crippen LogP) is 3.34. The molecule has 0 aliphatic heterocycles. The summed E-state index contributed by atoms with van der Waals surface area (Å²) in [5.74, 6) is 0.168. The van der Waals surface area contributed by atoms with Crippen molar-refractivity contribution in [3.05, 3.63) is 35.5 Å². The van der Waals surface area contributed by atoms with Gasteiger partial charge in [0.2, 0.25) is 0 Å². The van der Waals surface area contributed by atoms with Crippen LogP contribution in [0.4, 0.5) is 0 Å². The summed E-state index contributed by atoms with van der Waals surface area (Å²) >= 11 is 0. The number of aliphatic hydroxyl groups is 1. The maximum Gasteiger partial charge on any atom is 0.132 e. The highest BCUT2D eigenvalue weighted by molar-refractivity contribution is 5.86. The molecule has 18 heavy (non-hydrogen) atoms. The monoisotopic (exact) mass is 245 g/mol. The van der Waals surface area contributed by atoms with E-state index in [0.717, 1.165) is 30.5 Å². The number of benzene rings is 1. The van der Waals surface area contributed by atoms with Crippen LogP contribution in [0.15, 0.2) is 24.3 Å². The third kappa shape index (κ3) is 2.31. The number of aliphatic hydroxyl groups excluding tert-OH is 1. The highest BCUT2D eigenvalue weighted by Crippen LogP contribution is 2.34. The molecule has 0 saturated carbocycles. The average molecular weight is 245 g/mol. The minimum Gasteiger partial charge on any atom is -0.507 e. The number of pyridine rings is 1. The first-order chi connectivity index (χ1) is 8.65. The molecule has 1 aromatic heterocycles. The Morgan fingerprint density at radius 1 is 1.28 bits per heavy atom. The van der Waals surface area contributed by atoms with Gasteiger partial charge in [0, 0.05) is 10.9 Å². The van der Waals surface area contributed by atoms with Gasteiger partial charge in [-0.05, 0) is 31.9 Å². The molecule has 0 fully saturated rings. The van der Waals surface area contributed by atoms with E-state index in [9.17, 15) is 10.2 Å². The first-order valence-corrected chi connectivity index (χ1v) is 6.43. The second-order valence-corrected chi connectivity index (χ2v) is 4.62. The van der Waals surface area contributed by atoms with Crippen molar-refractivity contribution in [1.29, 1.82) is 0 Å². The van der Waals surface area contributed by atoms with Gasteiger partial charge in [0.15, 0.2) is 0 Å². The third-order valence-electron chi connectivity index (χ3n) is 3.17. The van der Waals surface area contributed by atoms with Gasteiger partial charge in [-0.15, -0.1) is 0 Å². The average Bonchev–Trinajstić information content (AvgIpc) is 2.36. The van der Waals surface area contributed by atoms with E-state index in [0.29, 0.717) is 10.9 Å². The fourth-order valence-corrected chi connectivity index (χ4v) is 2.23. The van der Waals surface area contributed by atoms with Crippen LogP contribution in [0.1, 0.15) is 44.1 Å². The van der Waals surface area contributed by atoms with Gasteiger partial charge in [-0.3, -0.25) is 4.98 Å². The van der Waals surface area contributed by atoms with Gasteiger partial charge in [-0.25, -0.2) is 0 Å².